The van der Waals surface area contributed by atoms with Crippen molar-refractivity contribution in [2.24, 2.45) is 10.9 Å². The van der Waals surface area contributed by atoms with Crippen LogP contribution in [-0.4, -0.2) is 60.8 Å². The molecule has 1 N–H and O–H groups in total. The van der Waals surface area contributed by atoms with E-state index in [0.717, 1.165) is 49.9 Å². The van der Waals surface area contributed by atoms with Crippen molar-refractivity contribution in [3.63, 3.8) is 0 Å². The number of benzene rings is 1. The molecule has 0 spiro atoms. The second-order valence-corrected chi connectivity index (χ2v) is 7.14. The molecule has 7 nitrogen and oxygen atoms in total. The Morgan fingerprint density at radius 2 is 2.21 bits per heavy atom. The summed E-state index contributed by atoms with van der Waals surface area (Å²) in [6.45, 7) is 5.74. The Balaban J connectivity index is 1.44. The number of hydrogen-bond donors (Lipinski definition) is 1. The fraction of sp³-hybridized carbons (Fsp3) is 0.524. The predicted molar refractivity (Wildman–Crippen MR) is 111 cm³/mol. The number of piperidine rings is 1. The van der Waals surface area contributed by atoms with Gasteiger partial charge in [-0.15, -0.1) is 0 Å². The molecule has 0 saturated carbocycles. The van der Waals surface area contributed by atoms with E-state index in [1.807, 2.05) is 43.8 Å². The first kappa shape index (κ1) is 20.0. The summed E-state index contributed by atoms with van der Waals surface area (Å²) in [6, 6.07) is 8.11. The number of ether oxygens (including phenoxy) is 2. The van der Waals surface area contributed by atoms with Crippen molar-refractivity contribution in [2.75, 3.05) is 40.4 Å². The minimum atomic E-state index is 0.422. The van der Waals surface area contributed by atoms with E-state index in [0.29, 0.717) is 18.6 Å². The monoisotopic (exact) mass is 385 g/mol. The third kappa shape index (κ3) is 5.18. The van der Waals surface area contributed by atoms with Crippen molar-refractivity contribution in [3.8, 4) is 11.5 Å². The van der Waals surface area contributed by atoms with E-state index in [1.54, 1.807) is 7.11 Å². The lowest BCUT2D eigenvalue weighted by Crippen LogP contribution is -2.49. The normalized spacial score (nSPS) is 20.1. The number of nitrogens with one attached hydrogen (secondary N) is 1. The minimum absolute atomic E-state index is 0.422. The van der Waals surface area contributed by atoms with Gasteiger partial charge in [-0.2, -0.15) is 0 Å². The molecule has 1 aliphatic rings. The van der Waals surface area contributed by atoms with Crippen LogP contribution in [0.5, 0.6) is 11.5 Å². The molecule has 152 valence electrons. The highest BCUT2D eigenvalue weighted by Crippen LogP contribution is 2.27. The second-order valence-electron chi connectivity index (χ2n) is 7.14. The van der Waals surface area contributed by atoms with Crippen molar-refractivity contribution >= 4 is 5.96 Å². The molecule has 0 amide bonds. The molecule has 2 atom stereocenters. The topological polar surface area (TPSA) is 63.9 Å². The number of methoxy groups -OCH3 is 1. The van der Waals surface area contributed by atoms with Crippen molar-refractivity contribution < 1.29 is 9.47 Å². The van der Waals surface area contributed by atoms with Crippen molar-refractivity contribution in [3.05, 3.63) is 43.0 Å². The zero-order valence-corrected chi connectivity index (χ0v) is 17.0. The Morgan fingerprint density at radius 1 is 1.36 bits per heavy atom. The molecule has 2 unspecified atom stereocenters. The van der Waals surface area contributed by atoms with Crippen LogP contribution < -0.4 is 14.8 Å². The predicted octanol–water partition coefficient (Wildman–Crippen LogP) is 2.82. The molecular weight excluding hydrogens is 354 g/mol. The highest BCUT2D eigenvalue weighted by molar-refractivity contribution is 5.80. The van der Waals surface area contributed by atoms with Crippen LogP contribution in [0.3, 0.4) is 0 Å². The molecule has 7 heteroatoms. The van der Waals surface area contributed by atoms with E-state index in [-0.39, 0.29) is 0 Å². The van der Waals surface area contributed by atoms with Crippen molar-refractivity contribution in [1.82, 2.24) is 19.8 Å². The third-order valence-corrected chi connectivity index (χ3v) is 5.25. The van der Waals surface area contributed by atoms with Crippen LogP contribution >= 0.6 is 0 Å². The maximum Gasteiger partial charge on any atom is 0.193 e. The van der Waals surface area contributed by atoms with Crippen LogP contribution in [0, 0.1) is 5.92 Å². The maximum atomic E-state index is 5.81. The van der Waals surface area contributed by atoms with Crippen LogP contribution in [-0.2, 0) is 0 Å². The molecule has 1 aliphatic heterocycles. The van der Waals surface area contributed by atoms with Gasteiger partial charge in [0.15, 0.2) is 5.96 Å². The Kier molecular flexibility index (Phi) is 7.17. The summed E-state index contributed by atoms with van der Waals surface area (Å²) in [5.41, 5.74) is 0. The Hall–Kier alpha value is -2.70. The second kappa shape index (κ2) is 10.0. The molecular formula is C21H31N5O2. The number of rotatable bonds is 7. The number of hydrogen-bond acceptors (Lipinski definition) is 4. The first-order valence-electron chi connectivity index (χ1n) is 9.91. The minimum Gasteiger partial charge on any atom is -0.497 e. The lowest BCUT2D eigenvalue weighted by atomic mass is 9.93. The van der Waals surface area contributed by atoms with Gasteiger partial charge in [-0.25, -0.2) is 4.98 Å². The quantitative estimate of drug-likeness (QED) is 0.451. The molecule has 2 heterocycles. The molecule has 0 radical (unpaired) electrons. The average molecular weight is 386 g/mol. The number of nitrogens with zero attached hydrogens (tertiary/aromatic N) is 4. The molecule has 0 bridgehead atoms. The van der Waals surface area contributed by atoms with E-state index < -0.39 is 0 Å². The van der Waals surface area contributed by atoms with Gasteiger partial charge in [0.2, 0.25) is 0 Å². The molecule has 28 heavy (non-hydrogen) atoms. The smallest absolute Gasteiger partial charge is 0.193 e. The largest absolute Gasteiger partial charge is 0.497 e. The van der Waals surface area contributed by atoms with Gasteiger partial charge < -0.3 is 24.3 Å². The first-order chi connectivity index (χ1) is 13.7. The van der Waals surface area contributed by atoms with Crippen LogP contribution in [0.25, 0.3) is 0 Å². The standard InChI is InChI=1S/C21H31N5O2/c1-17-8-11-25(15-20(17)26-12-10-23-16-26)21(22-2)24-9-5-13-28-19-7-4-6-18(14-19)27-3/h4,6-7,10,12,14,16-17,20H,5,8-9,11,13,15H2,1-3H3,(H,22,24). The number of imidazole rings is 1. The number of aliphatic imine (C=N–C) groups is 1. The van der Waals surface area contributed by atoms with Gasteiger partial charge in [0.1, 0.15) is 11.5 Å². The van der Waals surface area contributed by atoms with Crippen LogP contribution in [0.15, 0.2) is 48.0 Å². The van der Waals surface area contributed by atoms with Crippen LogP contribution in [0.1, 0.15) is 25.8 Å². The van der Waals surface area contributed by atoms with E-state index in [2.05, 4.69) is 37.9 Å². The molecule has 1 fully saturated rings. The SMILES string of the molecule is CN=C(NCCCOc1cccc(OC)c1)N1CCC(C)C(n2ccnc2)C1. The average Bonchev–Trinajstić information content (AvgIpc) is 3.26. The van der Waals surface area contributed by atoms with E-state index >= 15 is 0 Å². The first-order valence-corrected chi connectivity index (χ1v) is 9.91. The van der Waals surface area contributed by atoms with Gasteiger partial charge in [0, 0.05) is 45.1 Å². The number of likely N-dealkylation sites (tertiary alicyclic amines) is 1. The maximum absolute atomic E-state index is 5.81. The van der Waals surface area contributed by atoms with E-state index in [1.165, 1.54) is 0 Å². The molecule has 3 rings (SSSR count). The molecule has 1 aromatic heterocycles. The molecule has 0 aliphatic carbocycles. The summed E-state index contributed by atoms with van der Waals surface area (Å²) in [4.78, 5) is 11.0. The van der Waals surface area contributed by atoms with Crippen LogP contribution in [0.2, 0.25) is 0 Å². The zero-order chi connectivity index (χ0) is 19.8. The highest BCUT2D eigenvalue weighted by Gasteiger charge is 2.28. The Labute approximate surface area is 167 Å². The van der Waals surface area contributed by atoms with E-state index in [9.17, 15) is 0 Å². The van der Waals surface area contributed by atoms with Gasteiger partial charge in [-0.1, -0.05) is 13.0 Å². The third-order valence-electron chi connectivity index (χ3n) is 5.25. The molecule has 1 saturated heterocycles. The summed E-state index contributed by atoms with van der Waals surface area (Å²) in [7, 11) is 3.51. The Bertz CT molecular complexity index is 747. The zero-order valence-electron chi connectivity index (χ0n) is 17.0. The molecule has 2 aromatic rings. The Morgan fingerprint density at radius 3 is 2.96 bits per heavy atom. The van der Waals surface area contributed by atoms with Gasteiger partial charge in [0.25, 0.3) is 0 Å². The fourth-order valence-corrected chi connectivity index (χ4v) is 3.58. The van der Waals surface area contributed by atoms with Gasteiger partial charge in [-0.05, 0) is 30.9 Å². The number of aromatic nitrogens is 2. The lowest BCUT2D eigenvalue weighted by Gasteiger charge is -2.39. The highest BCUT2D eigenvalue weighted by atomic mass is 16.5. The van der Waals surface area contributed by atoms with Gasteiger partial charge >= 0.3 is 0 Å². The number of guanidine groups is 1. The fourth-order valence-electron chi connectivity index (χ4n) is 3.58. The summed E-state index contributed by atoms with van der Waals surface area (Å²) < 4.78 is 13.2. The lowest BCUT2D eigenvalue weighted by molar-refractivity contribution is 0.188. The van der Waals surface area contributed by atoms with Gasteiger partial charge in [-0.3, -0.25) is 4.99 Å². The summed E-state index contributed by atoms with van der Waals surface area (Å²) in [5.74, 6) is 3.22. The van der Waals surface area contributed by atoms with Crippen molar-refractivity contribution in [2.45, 2.75) is 25.8 Å². The summed E-state index contributed by atoms with van der Waals surface area (Å²) in [5, 5.41) is 3.47. The summed E-state index contributed by atoms with van der Waals surface area (Å²) in [6.07, 6.45) is 7.85. The van der Waals surface area contributed by atoms with E-state index in [4.69, 9.17) is 9.47 Å². The summed E-state index contributed by atoms with van der Waals surface area (Å²) >= 11 is 0. The van der Waals surface area contributed by atoms with Crippen molar-refractivity contribution in [1.29, 1.82) is 0 Å². The molecule has 1 aromatic carbocycles. The van der Waals surface area contributed by atoms with Crippen LogP contribution in [0.4, 0.5) is 0 Å². The van der Waals surface area contributed by atoms with Gasteiger partial charge in [0.05, 0.1) is 26.1 Å².